The zero-order valence-electron chi connectivity index (χ0n) is 9.97. The van der Waals surface area contributed by atoms with Gasteiger partial charge in [-0.2, -0.15) is 0 Å². The number of carboxylic acid groups (broad SMARTS) is 1. The van der Waals surface area contributed by atoms with Gasteiger partial charge in [-0.3, -0.25) is 14.4 Å². The minimum atomic E-state index is -0.861. The van der Waals surface area contributed by atoms with Crippen molar-refractivity contribution >= 4 is 11.9 Å². The first-order valence-electron chi connectivity index (χ1n) is 5.68. The van der Waals surface area contributed by atoms with Crippen LogP contribution in [0.25, 0.3) is 0 Å². The predicted octanol–water partition coefficient (Wildman–Crippen LogP) is 0.230. The molecule has 0 spiro atoms. The molecule has 18 heavy (non-hydrogen) atoms. The molecule has 0 aromatic carbocycles. The molecule has 0 unspecified atom stereocenters. The number of amides is 1. The highest BCUT2D eigenvalue weighted by Gasteiger charge is 2.33. The van der Waals surface area contributed by atoms with Gasteiger partial charge in [0, 0.05) is 37.0 Å². The number of nitrogens with zero attached hydrogens (tertiary/aromatic N) is 1. The average Bonchev–Trinajstić information content (AvgIpc) is 2.21. The zero-order valence-corrected chi connectivity index (χ0v) is 9.97. The minimum absolute atomic E-state index is 0.00372. The molecule has 0 aliphatic carbocycles. The van der Waals surface area contributed by atoms with Crippen molar-refractivity contribution < 1.29 is 14.7 Å². The number of pyridine rings is 1. The van der Waals surface area contributed by atoms with E-state index in [4.69, 9.17) is 5.11 Å². The van der Waals surface area contributed by atoms with Crippen LogP contribution < -0.4 is 5.43 Å². The van der Waals surface area contributed by atoms with Crippen LogP contribution in [0, 0.1) is 12.8 Å². The second-order valence-corrected chi connectivity index (χ2v) is 4.57. The van der Waals surface area contributed by atoms with Crippen molar-refractivity contribution in [1.82, 2.24) is 9.88 Å². The fourth-order valence-corrected chi connectivity index (χ4v) is 2.02. The van der Waals surface area contributed by atoms with Crippen LogP contribution in [-0.2, 0) is 4.79 Å². The third kappa shape index (κ3) is 2.42. The number of aromatic nitrogens is 1. The number of hydrogen-bond donors (Lipinski definition) is 2. The van der Waals surface area contributed by atoms with Crippen LogP contribution in [0.3, 0.4) is 0 Å². The number of rotatable bonds is 3. The summed E-state index contributed by atoms with van der Waals surface area (Å²) in [4.78, 5) is 38.4. The van der Waals surface area contributed by atoms with E-state index in [1.54, 1.807) is 6.92 Å². The maximum absolute atomic E-state index is 11.9. The van der Waals surface area contributed by atoms with E-state index in [0.717, 1.165) is 0 Å². The monoisotopic (exact) mass is 250 g/mol. The van der Waals surface area contributed by atoms with E-state index >= 15 is 0 Å². The highest BCUT2D eigenvalue weighted by molar-refractivity contribution is 5.94. The van der Waals surface area contributed by atoms with Crippen LogP contribution in [0.15, 0.2) is 17.1 Å². The Hall–Kier alpha value is -2.11. The number of carboxylic acids is 1. The molecule has 0 radical (unpaired) electrons. The van der Waals surface area contributed by atoms with E-state index in [1.165, 1.54) is 17.2 Å². The van der Waals surface area contributed by atoms with Crippen molar-refractivity contribution in [2.75, 3.05) is 13.1 Å². The van der Waals surface area contributed by atoms with Crippen LogP contribution in [-0.4, -0.2) is 40.0 Å². The van der Waals surface area contributed by atoms with E-state index in [-0.39, 0.29) is 29.2 Å². The Morgan fingerprint density at radius 2 is 2.17 bits per heavy atom. The van der Waals surface area contributed by atoms with Gasteiger partial charge in [0.1, 0.15) is 5.56 Å². The van der Waals surface area contributed by atoms with Gasteiger partial charge < -0.3 is 15.0 Å². The predicted molar refractivity (Wildman–Crippen MR) is 63.4 cm³/mol. The molecule has 1 aliphatic heterocycles. The summed E-state index contributed by atoms with van der Waals surface area (Å²) >= 11 is 0. The molecule has 0 bridgehead atoms. The average molecular weight is 250 g/mol. The molecule has 0 saturated carbocycles. The normalized spacial score (nSPS) is 15.3. The summed E-state index contributed by atoms with van der Waals surface area (Å²) < 4.78 is 0. The van der Waals surface area contributed by atoms with Crippen LogP contribution in [0.2, 0.25) is 0 Å². The Kier molecular flexibility index (Phi) is 3.18. The fourth-order valence-electron chi connectivity index (χ4n) is 2.02. The number of aliphatic carboxylic acids is 1. The molecule has 1 amide bonds. The summed E-state index contributed by atoms with van der Waals surface area (Å²) in [5, 5.41) is 8.61. The van der Waals surface area contributed by atoms with Gasteiger partial charge in [0.25, 0.3) is 5.91 Å². The second-order valence-electron chi connectivity index (χ2n) is 4.57. The summed E-state index contributed by atoms with van der Waals surface area (Å²) in [6, 6.07) is 1.38. The van der Waals surface area contributed by atoms with E-state index < -0.39 is 5.97 Å². The second kappa shape index (κ2) is 4.64. The van der Waals surface area contributed by atoms with Crippen molar-refractivity contribution in [3.05, 3.63) is 33.7 Å². The Morgan fingerprint density at radius 1 is 1.50 bits per heavy atom. The van der Waals surface area contributed by atoms with Gasteiger partial charge in [-0.25, -0.2) is 0 Å². The van der Waals surface area contributed by atoms with E-state index in [9.17, 15) is 14.4 Å². The molecule has 2 rings (SSSR count). The fraction of sp³-hybridized carbons (Fsp3) is 0.417. The Labute approximate surface area is 103 Å². The van der Waals surface area contributed by atoms with E-state index in [0.29, 0.717) is 18.8 Å². The maximum Gasteiger partial charge on any atom is 0.303 e. The topological polar surface area (TPSA) is 90.5 Å². The first-order chi connectivity index (χ1) is 8.47. The summed E-state index contributed by atoms with van der Waals surface area (Å²) in [5.41, 5.74) is 0.497. The van der Waals surface area contributed by atoms with Crippen LogP contribution in [0.1, 0.15) is 22.5 Å². The lowest BCUT2D eigenvalue weighted by Gasteiger charge is -2.38. The smallest absolute Gasteiger partial charge is 0.303 e. The van der Waals surface area contributed by atoms with E-state index in [2.05, 4.69) is 4.98 Å². The molecule has 6 nitrogen and oxygen atoms in total. The zero-order chi connectivity index (χ0) is 13.3. The number of aryl methyl sites for hydroxylation is 1. The molecule has 1 aliphatic rings. The Morgan fingerprint density at radius 3 is 2.72 bits per heavy atom. The van der Waals surface area contributed by atoms with Crippen molar-refractivity contribution in [3.8, 4) is 0 Å². The lowest BCUT2D eigenvalue weighted by atomic mass is 9.95. The quantitative estimate of drug-likeness (QED) is 0.803. The minimum Gasteiger partial charge on any atom is -0.481 e. The van der Waals surface area contributed by atoms with Crippen LogP contribution in [0.4, 0.5) is 0 Å². The highest BCUT2D eigenvalue weighted by atomic mass is 16.4. The molecule has 2 heterocycles. The molecular formula is C12H14N2O4. The largest absolute Gasteiger partial charge is 0.481 e. The summed E-state index contributed by atoms with van der Waals surface area (Å²) in [5.74, 6) is -1.20. The van der Waals surface area contributed by atoms with Crippen LogP contribution in [0.5, 0.6) is 0 Å². The maximum atomic E-state index is 11.9. The van der Waals surface area contributed by atoms with Crippen molar-refractivity contribution in [2.45, 2.75) is 13.3 Å². The molecule has 1 aromatic heterocycles. The Bertz CT molecular complexity index is 543. The molecular weight excluding hydrogens is 236 g/mol. The summed E-state index contributed by atoms with van der Waals surface area (Å²) in [6.45, 7) is 2.54. The van der Waals surface area contributed by atoms with Crippen molar-refractivity contribution in [2.24, 2.45) is 5.92 Å². The number of hydrogen-bond acceptors (Lipinski definition) is 3. The molecule has 96 valence electrons. The highest BCUT2D eigenvalue weighted by Crippen LogP contribution is 2.20. The first kappa shape index (κ1) is 12.3. The molecule has 6 heteroatoms. The molecule has 1 saturated heterocycles. The number of likely N-dealkylation sites (tertiary alicyclic amines) is 1. The molecule has 2 N–H and O–H groups in total. The number of H-pyrrole nitrogens is 1. The van der Waals surface area contributed by atoms with Gasteiger partial charge in [0.05, 0.1) is 6.42 Å². The third-order valence-corrected chi connectivity index (χ3v) is 3.00. The number of aromatic amines is 1. The van der Waals surface area contributed by atoms with Gasteiger partial charge in [-0.05, 0) is 6.92 Å². The molecule has 0 atom stereocenters. The van der Waals surface area contributed by atoms with Gasteiger partial charge in [0.15, 0.2) is 5.43 Å². The summed E-state index contributed by atoms with van der Waals surface area (Å²) in [6.07, 6.45) is 1.47. The number of nitrogens with one attached hydrogen (secondary N) is 1. The lowest BCUT2D eigenvalue weighted by molar-refractivity contribution is -0.139. The summed E-state index contributed by atoms with van der Waals surface area (Å²) in [7, 11) is 0. The SMILES string of the molecule is Cc1cc(=O)c(C(=O)N2CC(CC(=O)O)C2)c[nH]1. The Balaban J connectivity index is 2.02. The lowest BCUT2D eigenvalue weighted by Crippen LogP contribution is -2.51. The van der Waals surface area contributed by atoms with Gasteiger partial charge in [-0.1, -0.05) is 0 Å². The van der Waals surface area contributed by atoms with Gasteiger partial charge in [0.2, 0.25) is 0 Å². The third-order valence-electron chi connectivity index (χ3n) is 3.00. The van der Waals surface area contributed by atoms with Gasteiger partial charge >= 0.3 is 5.97 Å². The molecule has 1 aromatic rings. The van der Waals surface area contributed by atoms with Crippen LogP contribution >= 0.6 is 0 Å². The van der Waals surface area contributed by atoms with Gasteiger partial charge in [-0.15, -0.1) is 0 Å². The van der Waals surface area contributed by atoms with Crippen molar-refractivity contribution in [1.29, 1.82) is 0 Å². The first-order valence-corrected chi connectivity index (χ1v) is 5.68. The standard InChI is InChI=1S/C12H14N2O4/c1-7-2-10(15)9(4-13-7)12(18)14-5-8(6-14)3-11(16)17/h2,4,8H,3,5-6H2,1H3,(H,13,15)(H,16,17). The van der Waals surface area contributed by atoms with Crippen molar-refractivity contribution in [3.63, 3.8) is 0 Å². The molecule has 1 fully saturated rings. The van der Waals surface area contributed by atoms with E-state index in [1.807, 2.05) is 0 Å². The number of carbonyl (C=O) groups excluding carboxylic acids is 1. The number of carbonyl (C=O) groups is 2.